The van der Waals surface area contributed by atoms with Crippen LogP contribution in [0.3, 0.4) is 0 Å². The molecule has 1 amide bonds. The topological polar surface area (TPSA) is 77.0 Å². The van der Waals surface area contributed by atoms with E-state index in [-0.39, 0.29) is 18.4 Å². The Morgan fingerprint density at radius 1 is 1.58 bits per heavy atom. The van der Waals surface area contributed by atoms with Crippen molar-refractivity contribution >= 4 is 5.91 Å². The van der Waals surface area contributed by atoms with E-state index in [0.29, 0.717) is 18.3 Å². The molecule has 7 heteroatoms. The van der Waals surface area contributed by atoms with Gasteiger partial charge in [0.1, 0.15) is 6.54 Å². The molecule has 19 heavy (non-hydrogen) atoms. The van der Waals surface area contributed by atoms with Crippen molar-refractivity contribution in [2.24, 2.45) is 0 Å². The van der Waals surface area contributed by atoms with Crippen molar-refractivity contribution in [2.75, 3.05) is 13.1 Å². The standard InChI is InChI=1S/C12H15N5O2/c1-9-14-12(19-15-9)10-3-6-16(7-10)11(18)8-17-5-2-4-13-17/h2,4-5,10H,3,6-8H2,1H3/t10-/m0/s1. The third kappa shape index (κ3) is 2.49. The van der Waals surface area contributed by atoms with Crippen LogP contribution in [-0.2, 0) is 11.3 Å². The molecule has 3 rings (SSSR count). The Hall–Kier alpha value is -2.18. The molecule has 1 saturated heterocycles. The summed E-state index contributed by atoms with van der Waals surface area (Å²) in [5.74, 6) is 1.49. The summed E-state index contributed by atoms with van der Waals surface area (Å²) in [4.78, 5) is 18.1. The highest BCUT2D eigenvalue weighted by Gasteiger charge is 2.30. The number of rotatable bonds is 3. The number of amides is 1. The fraction of sp³-hybridized carbons (Fsp3) is 0.500. The third-order valence-electron chi connectivity index (χ3n) is 3.29. The first-order valence-corrected chi connectivity index (χ1v) is 6.28. The summed E-state index contributed by atoms with van der Waals surface area (Å²) in [6.45, 7) is 3.44. The zero-order valence-corrected chi connectivity index (χ0v) is 10.7. The van der Waals surface area contributed by atoms with E-state index in [2.05, 4.69) is 15.2 Å². The van der Waals surface area contributed by atoms with Crippen LogP contribution in [0.25, 0.3) is 0 Å². The SMILES string of the molecule is Cc1noc([C@H]2CCN(C(=O)Cn3cccn3)C2)n1. The van der Waals surface area contributed by atoms with Crippen molar-refractivity contribution in [3.05, 3.63) is 30.2 Å². The zero-order valence-electron chi connectivity index (χ0n) is 10.7. The second kappa shape index (κ2) is 4.83. The van der Waals surface area contributed by atoms with Gasteiger partial charge in [-0.25, -0.2) is 0 Å². The predicted octanol–water partition coefficient (Wildman–Crippen LogP) is 0.591. The average molecular weight is 261 g/mol. The first-order chi connectivity index (χ1) is 9.22. The lowest BCUT2D eigenvalue weighted by atomic mass is 10.1. The Kier molecular flexibility index (Phi) is 3.02. The van der Waals surface area contributed by atoms with Gasteiger partial charge < -0.3 is 9.42 Å². The lowest BCUT2D eigenvalue weighted by Gasteiger charge is -2.15. The summed E-state index contributed by atoms with van der Waals surface area (Å²) in [5, 5.41) is 7.82. The van der Waals surface area contributed by atoms with Crippen molar-refractivity contribution < 1.29 is 9.32 Å². The lowest BCUT2D eigenvalue weighted by Crippen LogP contribution is -2.31. The fourth-order valence-electron chi connectivity index (χ4n) is 2.30. The second-order valence-electron chi connectivity index (χ2n) is 4.71. The molecule has 0 aliphatic carbocycles. The maximum atomic E-state index is 12.1. The zero-order chi connectivity index (χ0) is 13.2. The quantitative estimate of drug-likeness (QED) is 0.808. The second-order valence-corrected chi connectivity index (χ2v) is 4.71. The van der Waals surface area contributed by atoms with Crippen LogP contribution in [0.1, 0.15) is 24.1 Å². The van der Waals surface area contributed by atoms with E-state index in [0.717, 1.165) is 13.0 Å². The summed E-state index contributed by atoms with van der Waals surface area (Å²) in [6.07, 6.45) is 4.32. The Morgan fingerprint density at radius 3 is 3.16 bits per heavy atom. The molecule has 0 saturated carbocycles. The molecule has 0 radical (unpaired) electrons. The third-order valence-corrected chi connectivity index (χ3v) is 3.29. The van der Waals surface area contributed by atoms with Gasteiger partial charge in [-0.3, -0.25) is 9.48 Å². The summed E-state index contributed by atoms with van der Waals surface area (Å²) in [5.41, 5.74) is 0. The lowest BCUT2D eigenvalue weighted by molar-refractivity contribution is -0.131. The van der Waals surface area contributed by atoms with Gasteiger partial charge in [-0.05, 0) is 19.4 Å². The normalized spacial score (nSPS) is 19.0. The molecule has 0 N–H and O–H groups in total. The minimum Gasteiger partial charge on any atom is -0.340 e. The highest BCUT2D eigenvalue weighted by Crippen LogP contribution is 2.25. The number of aryl methyl sites for hydroxylation is 1. The first-order valence-electron chi connectivity index (χ1n) is 6.28. The fourth-order valence-corrected chi connectivity index (χ4v) is 2.30. The average Bonchev–Trinajstić information content (AvgIpc) is 3.07. The van der Waals surface area contributed by atoms with Gasteiger partial charge in [0.15, 0.2) is 5.82 Å². The Balaban J connectivity index is 1.61. The molecule has 3 heterocycles. The van der Waals surface area contributed by atoms with Crippen LogP contribution < -0.4 is 0 Å². The van der Waals surface area contributed by atoms with Crippen molar-refractivity contribution in [3.63, 3.8) is 0 Å². The number of carbonyl (C=O) groups is 1. The van der Waals surface area contributed by atoms with Gasteiger partial charge >= 0.3 is 0 Å². The predicted molar refractivity (Wildman–Crippen MR) is 65.2 cm³/mol. The van der Waals surface area contributed by atoms with Gasteiger partial charge in [-0.2, -0.15) is 10.1 Å². The van der Waals surface area contributed by atoms with Gasteiger partial charge in [0, 0.05) is 25.5 Å². The molecule has 0 aromatic carbocycles. The number of hydrogen-bond acceptors (Lipinski definition) is 5. The van der Waals surface area contributed by atoms with Crippen LogP contribution in [0.2, 0.25) is 0 Å². The van der Waals surface area contributed by atoms with Gasteiger partial charge in [0.05, 0.1) is 5.92 Å². The molecule has 1 atom stereocenters. The molecule has 7 nitrogen and oxygen atoms in total. The molecule has 1 aliphatic heterocycles. The molecule has 100 valence electrons. The largest absolute Gasteiger partial charge is 0.340 e. The van der Waals surface area contributed by atoms with E-state index in [1.165, 1.54) is 0 Å². The van der Waals surface area contributed by atoms with Crippen LogP contribution in [0.5, 0.6) is 0 Å². The Morgan fingerprint density at radius 2 is 2.47 bits per heavy atom. The van der Waals surface area contributed by atoms with Crippen LogP contribution in [0.15, 0.2) is 23.0 Å². The van der Waals surface area contributed by atoms with Gasteiger partial charge in [0.2, 0.25) is 11.8 Å². The molecule has 1 aliphatic rings. The summed E-state index contributed by atoms with van der Waals surface area (Å²) in [6, 6.07) is 1.81. The highest BCUT2D eigenvalue weighted by molar-refractivity contribution is 5.76. The van der Waals surface area contributed by atoms with Crippen molar-refractivity contribution in [3.8, 4) is 0 Å². The molecular weight excluding hydrogens is 246 g/mol. The molecule has 0 unspecified atom stereocenters. The number of likely N-dealkylation sites (tertiary alicyclic amines) is 1. The van der Waals surface area contributed by atoms with E-state index in [9.17, 15) is 4.79 Å². The minimum atomic E-state index is 0.0717. The Labute approximate surface area is 110 Å². The maximum Gasteiger partial charge on any atom is 0.244 e. The summed E-state index contributed by atoms with van der Waals surface area (Å²) >= 11 is 0. The number of aromatic nitrogens is 4. The maximum absolute atomic E-state index is 12.1. The summed E-state index contributed by atoms with van der Waals surface area (Å²) < 4.78 is 6.80. The van der Waals surface area contributed by atoms with Crippen LogP contribution >= 0.6 is 0 Å². The summed E-state index contributed by atoms with van der Waals surface area (Å²) in [7, 11) is 0. The molecule has 1 fully saturated rings. The van der Waals surface area contributed by atoms with Gasteiger partial charge in [0.25, 0.3) is 0 Å². The van der Waals surface area contributed by atoms with Crippen molar-refractivity contribution in [1.82, 2.24) is 24.8 Å². The number of nitrogens with zero attached hydrogens (tertiary/aromatic N) is 5. The van der Waals surface area contributed by atoms with E-state index in [1.54, 1.807) is 30.1 Å². The monoisotopic (exact) mass is 261 g/mol. The van der Waals surface area contributed by atoms with Gasteiger partial charge in [-0.1, -0.05) is 5.16 Å². The Bertz CT molecular complexity index is 562. The van der Waals surface area contributed by atoms with Crippen LogP contribution in [0.4, 0.5) is 0 Å². The van der Waals surface area contributed by atoms with Crippen LogP contribution in [-0.4, -0.2) is 43.8 Å². The van der Waals surface area contributed by atoms with Crippen molar-refractivity contribution in [1.29, 1.82) is 0 Å². The molecule has 0 bridgehead atoms. The smallest absolute Gasteiger partial charge is 0.244 e. The minimum absolute atomic E-state index is 0.0717. The highest BCUT2D eigenvalue weighted by atomic mass is 16.5. The van der Waals surface area contributed by atoms with Crippen molar-refractivity contribution in [2.45, 2.75) is 25.8 Å². The molecule has 2 aromatic heterocycles. The van der Waals surface area contributed by atoms with E-state index < -0.39 is 0 Å². The number of carbonyl (C=O) groups excluding carboxylic acids is 1. The molecular formula is C12H15N5O2. The number of hydrogen-bond donors (Lipinski definition) is 0. The van der Waals surface area contributed by atoms with Crippen LogP contribution in [0, 0.1) is 6.92 Å². The van der Waals surface area contributed by atoms with Gasteiger partial charge in [-0.15, -0.1) is 0 Å². The molecule has 2 aromatic rings. The van der Waals surface area contributed by atoms with E-state index >= 15 is 0 Å². The van der Waals surface area contributed by atoms with E-state index in [4.69, 9.17) is 4.52 Å². The van der Waals surface area contributed by atoms with E-state index in [1.807, 2.05) is 4.90 Å². The molecule has 0 spiro atoms. The first kappa shape index (κ1) is 11.9.